The first kappa shape index (κ1) is 20.7. The maximum Gasteiger partial charge on any atom is 0.328 e. The van der Waals surface area contributed by atoms with Gasteiger partial charge < -0.3 is 15.0 Å². The number of likely N-dealkylation sites (tertiary alicyclic amines) is 1. The Kier molecular flexibility index (Phi) is 6.35. The molecule has 1 aliphatic carbocycles. The second-order valence-electron chi connectivity index (χ2n) is 8.81. The summed E-state index contributed by atoms with van der Waals surface area (Å²) in [5.41, 5.74) is -1.09. The number of hydrogen-bond acceptors (Lipinski definition) is 4. The Balaban J connectivity index is 2.17. The third-order valence-electron chi connectivity index (χ3n) is 6.18. The molecule has 6 nitrogen and oxygen atoms in total. The van der Waals surface area contributed by atoms with Gasteiger partial charge in [0.2, 0.25) is 11.8 Å². The normalized spacial score (nSPS) is 29.8. The number of hydrogen-bond donors (Lipinski definition) is 1. The number of amides is 2. The SMILES string of the molecule is COC(=O)[C@@H]1CCC(=O)N1C(C)(C)C(=O)N[C@@H]1C[C@@H](C)CC[C@@H]1C(C)C. The number of nitrogens with one attached hydrogen (secondary N) is 1. The highest BCUT2D eigenvalue weighted by Gasteiger charge is 2.49. The van der Waals surface area contributed by atoms with Gasteiger partial charge in [0.25, 0.3) is 0 Å². The highest BCUT2D eigenvalue weighted by molar-refractivity contribution is 5.95. The van der Waals surface area contributed by atoms with Gasteiger partial charge in [-0.3, -0.25) is 9.59 Å². The van der Waals surface area contributed by atoms with Gasteiger partial charge in [0, 0.05) is 12.5 Å². The fraction of sp³-hybridized carbons (Fsp3) is 0.850. The number of methoxy groups -OCH3 is 1. The molecule has 0 bridgehead atoms. The molecule has 2 aliphatic rings. The average molecular weight is 367 g/mol. The zero-order valence-electron chi connectivity index (χ0n) is 17.0. The molecule has 148 valence electrons. The molecule has 0 unspecified atom stereocenters. The maximum absolute atomic E-state index is 13.1. The Bertz CT molecular complexity index is 558. The van der Waals surface area contributed by atoms with Crippen LogP contribution in [0.1, 0.15) is 66.7 Å². The number of rotatable bonds is 5. The Morgan fingerprint density at radius 3 is 2.46 bits per heavy atom. The molecule has 1 saturated carbocycles. The summed E-state index contributed by atoms with van der Waals surface area (Å²) in [7, 11) is 1.31. The van der Waals surface area contributed by atoms with Crippen LogP contribution in [0.25, 0.3) is 0 Å². The Labute approximate surface area is 157 Å². The maximum atomic E-state index is 13.1. The summed E-state index contributed by atoms with van der Waals surface area (Å²) in [5, 5.41) is 3.21. The largest absolute Gasteiger partial charge is 0.467 e. The molecule has 0 aromatic rings. The number of ether oxygens (including phenoxy) is 1. The smallest absolute Gasteiger partial charge is 0.328 e. The van der Waals surface area contributed by atoms with Crippen LogP contribution >= 0.6 is 0 Å². The van der Waals surface area contributed by atoms with Gasteiger partial charge in [-0.25, -0.2) is 4.79 Å². The molecule has 0 radical (unpaired) electrons. The van der Waals surface area contributed by atoms with Gasteiger partial charge in [-0.15, -0.1) is 0 Å². The van der Waals surface area contributed by atoms with Gasteiger partial charge in [0.15, 0.2) is 0 Å². The van der Waals surface area contributed by atoms with Gasteiger partial charge in [0.1, 0.15) is 11.6 Å². The van der Waals surface area contributed by atoms with Crippen molar-refractivity contribution in [1.29, 1.82) is 0 Å². The predicted molar refractivity (Wildman–Crippen MR) is 99.2 cm³/mol. The van der Waals surface area contributed by atoms with Crippen LogP contribution in [-0.2, 0) is 19.1 Å². The molecule has 2 amide bonds. The van der Waals surface area contributed by atoms with Crippen LogP contribution in [0.4, 0.5) is 0 Å². The molecule has 4 atom stereocenters. The molecule has 1 heterocycles. The summed E-state index contributed by atoms with van der Waals surface area (Å²) < 4.78 is 4.84. The van der Waals surface area contributed by atoms with E-state index in [2.05, 4.69) is 26.1 Å². The Morgan fingerprint density at radius 2 is 1.88 bits per heavy atom. The molecular formula is C20H34N2O4. The monoisotopic (exact) mass is 366 g/mol. The van der Waals surface area contributed by atoms with Crippen LogP contribution in [0.2, 0.25) is 0 Å². The summed E-state index contributed by atoms with van der Waals surface area (Å²) in [6, 6.07) is -0.570. The van der Waals surface area contributed by atoms with Crippen molar-refractivity contribution in [3.05, 3.63) is 0 Å². The quantitative estimate of drug-likeness (QED) is 0.759. The summed E-state index contributed by atoms with van der Waals surface area (Å²) in [6.07, 6.45) is 3.92. The molecule has 2 rings (SSSR count). The van der Waals surface area contributed by atoms with Gasteiger partial charge in [0.05, 0.1) is 7.11 Å². The molecular weight excluding hydrogens is 332 g/mol. The van der Waals surface area contributed by atoms with Crippen LogP contribution in [-0.4, -0.2) is 47.4 Å². The fourth-order valence-corrected chi connectivity index (χ4v) is 4.57. The van der Waals surface area contributed by atoms with Crippen LogP contribution in [0.5, 0.6) is 0 Å². The second-order valence-corrected chi connectivity index (χ2v) is 8.81. The molecule has 0 spiro atoms. The van der Waals surface area contributed by atoms with E-state index in [1.54, 1.807) is 13.8 Å². The third kappa shape index (κ3) is 4.04. The number of carbonyl (C=O) groups is 3. The second kappa shape index (κ2) is 7.97. The predicted octanol–water partition coefficient (Wildman–Crippen LogP) is 2.51. The molecule has 0 aromatic heterocycles. The first-order valence-electron chi connectivity index (χ1n) is 9.80. The fourth-order valence-electron chi connectivity index (χ4n) is 4.57. The Morgan fingerprint density at radius 1 is 1.23 bits per heavy atom. The zero-order valence-corrected chi connectivity index (χ0v) is 17.0. The lowest BCUT2D eigenvalue weighted by Gasteiger charge is -2.42. The average Bonchev–Trinajstić information content (AvgIpc) is 2.96. The molecule has 6 heteroatoms. The van der Waals surface area contributed by atoms with Crippen LogP contribution in [0.15, 0.2) is 0 Å². The number of carbonyl (C=O) groups excluding carboxylic acids is 3. The Hall–Kier alpha value is -1.59. The van der Waals surface area contributed by atoms with Gasteiger partial charge >= 0.3 is 5.97 Å². The molecule has 1 aliphatic heterocycles. The van der Waals surface area contributed by atoms with E-state index in [1.807, 2.05) is 0 Å². The first-order chi connectivity index (χ1) is 12.1. The topological polar surface area (TPSA) is 75.7 Å². The molecule has 26 heavy (non-hydrogen) atoms. The lowest BCUT2D eigenvalue weighted by atomic mass is 9.74. The molecule has 2 fully saturated rings. The van der Waals surface area contributed by atoms with Crippen molar-refractivity contribution in [3.63, 3.8) is 0 Å². The minimum Gasteiger partial charge on any atom is -0.467 e. The van der Waals surface area contributed by atoms with Crippen LogP contribution in [0, 0.1) is 17.8 Å². The number of nitrogens with zero attached hydrogens (tertiary/aromatic N) is 1. The number of esters is 1. The third-order valence-corrected chi connectivity index (χ3v) is 6.18. The van der Waals surface area contributed by atoms with E-state index in [-0.39, 0.29) is 24.3 Å². The van der Waals surface area contributed by atoms with E-state index in [4.69, 9.17) is 4.74 Å². The minimum absolute atomic E-state index is 0.111. The summed E-state index contributed by atoms with van der Waals surface area (Å²) >= 11 is 0. The lowest BCUT2D eigenvalue weighted by Crippen LogP contribution is -2.62. The van der Waals surface area contributed by atoms with E-state index >= 15 is 0 Å². The highest BCUT2D eigenvalue weighted by atomic mass is 16.5. The van der Waals surface area contributed by atoms with Crippen molar-refractivity contribution in [2.24, 2.45) is 17.8 Å². The summed E-state index contributed by atoms with van der Waals surface area (Å²) in [5.74, 6) is 0.700. The zero-order chi connectivity index (χ0) is 19.6. The minimum atomic E-state index is -1.09. The van der Waals surface area contributed by atoms with Crippen LogP contribution < -0.4 is 5.32 Å². The van der Waals surface area contributed by atoms with Crippen molar-refractivity contribution >= 4 is 17.8 Å². The lowest BCUT2D eigenvalue weighted by molar-refractivity contribution is -0.156. The van der Waals surface area contributed by atoms with E-state index in [0.717, 1.165) is 12.8 Å². The first-order valence-corrected chi connectivity index (χ1v) is 9.80. The standard InChI is InChI=1S/C20H34N2O4/c1-12(2)14-8-7-13(3)11-15(14)21-19(25)20(4,5)22-16(18(24)26-6)9-10-17(22)23/h12-16H,7-11H2,1-6H3,(H,21,25)/t13-,14+,15+,16-/m0/s1. The molecule has 0 aromatic carbocycles. The van der Waals surface area contributed by atoms with Crippen molar-refractivity contribution < 1.29 is 19.1 Å². The molecule has 1 N–H and O–H groups in total. The van der Waals surface area contributed by atoms with Crippen LogP contribution in [0.3, 0.4) is 0 Å². The van der Waals surface area contributed by atoms with E-state index < -0.39 is 17.6 Å². The van der Waals surface area contributed by atoms with Gasteiger partial charge in [-0.05, 0) is 50.9 Å². The van der Waals surface area contributed by atoms with Gasteiger partial charge in [-0.2, -0.15) is 0 Å². The molecule has 1 saturated heterocycles. The highest BCUT2D eigenvalue weighted by Crippen LogP contribution is 2.35. The van der Waals surface area contributed by atoms with Crippen molar-refractivity contribution in [3.8, 4) is 0 Å². The van der Waals surface area contributed by atoms with Crippen molar-refractivity contribution in [2.75, 3.05) is 7.11 Å². The summed E-state index contributed by atoms with van der Waals surface area (Å²) in [4.78, 5) is 39.0. The van der Waals surface area contributed by atoms with E-state index in [9.17, 15) is 14.4 Å². The summed E-state index contributed by atoms with van der Waals surface area (Å²) in [6.45, 7) is 10.1. The van der Waals surface area contributed by atoms with Crippen molar-refractivity contribution in [1.82, 2.24) is 10.2 Å². The van der Waals surface area contributed by atoms with Gasteiger partial charge in [-0.1, -0.05) is 27.2 Å². The van der Waals surface area contributed by atoms with E-state index in [0.29, 0.717) is 24.2 Å². The van der Waals surface area contributed by atoms with E-state index in [1.165, 1.54) is 18.4 Å². The van der Waals surface area contributed by atoms with Crippen molar-refractivity contribution in [2.45, 2.75) is 84.3 Å².